The highest BCUT2D eigenvalue weighted by Gasteiger charge is 2.11. The molecule has 2 rings (SSSR count). The van der Waals surface area contributed by atoms with Crippen LogP contribution >= 0.6 is 11.3 Å². The molecule has 108 valence electrons. The Morgan fingerprint density at radius 1 is 1.45 bits per heavy atom. The summed E-state index contributed by atoms with van der Waals surface area (Å²) in [5.74, 6) is -0.0810. The Labute approximate surface area is 121 Å². The molecule has 0 aliphatic carbocycles. The number of thiazole rings is 1. The Balaban J connectivity index is 2.11. The Bertz CT molecular complexity index is 678. The number of aromatic nitrogens is 3. The van der Waals surface area contributed by atoms with Crippen LogP contribution in [0.2, 0.25) is 0 Å². The topological polar surface area (TPSA) is 86.9 Å². The lowest BCUT2D eigenvalue weighted by Crippen LogP contribution is -2.40. The zero-order valence-electron chi connectivity index (χ0n) is 11.2. The third-order valence-corrected chi connectivity index (χ3v) is 4.29. The maximum Gasteiger partial charge on any atom is 0.197 e. The minimum atomic E-state index is -4.21. The summed E-state index contributed by atoms with van der Waals surface area (Å²) in [5, 5.41) is 6.99. The predicted octanol–water partition coefficient (Wildman–Crippen LogP) is 1.16. The molecule has 0 atom stereocenters. The lowest BCUT2D eigenvalue weighted by Gasteiger charge is -2.02. The zero-order valence-corrected chi connectivity index (χ0v) is 12.8. The lowest BCUT2D eigenvalue weighted by molar-refractivity contribution is -0.750. The van der Waals surface area contributed by atoms with Crippen molar-refractivity contribution in [3.05, 3.63) is 29.5 Å². The second kappa shape index (κ2) is 5.94. The van der Waals surface area contributed by atoms with Gasteiger partial charge in [0.05, 0.1) is 11.4 Å². The van der Waals surface area contributed by atoms with Crippen LogP contribution in [-0.2, 0) is 16.7 Å². The van der Waals surface area contributed by atoms with Crippen LogP contribution in [0.1, 0.15) is 25.5 Å². The van der Waals surface area contributed by atoms with Gasteiger partial charge in [-0.05, 0) is 11.0 Å². The van der Waals surface area contributed by atoms with Crippen molar-refractivity contribution in [2.75, 3.05) is 5.75 Å². The lowest BCUT2D eigenvalue weighted by atomic mass is 10.2. The van der Waals surface area contributed by atoms with E-state index in [9.17, 15) is 13.0 Å². The van der Waals surface area contributed by atoms with Crippen LogP contribution in [0.5, 0.6) is 0 Å². The van der Waals surface area contributed by atoms with Crippen molar-refractivity contribution in [3.63, 3.8) is 0 Å². The number of hydrogen-bond donors (Lipinski definition) is 0. The van der Waals surface area contributed by atoms with Gasteiger partial charge < -0.3 is 4.55 Å². The monoisotopic (exact) mass is 313 g/mol. The van der Waals surface area contributed by atoms with Crippen molar-refractivity contribution < 1.29 is 17.7 Å². The first kappa shape index (κ1) is 15.0. The summed E-state index contributed by atoms with van der Waals surface area (Å²) in [5.41, 5.74) is 1.92. The van der Waals surface area contributed by atoms with Gasteiger partial charge in [0.15, 0.2) is 12.7 Å². The molecule has 0 unspecified atom stereocenters. The summed E-state index contributed by atoms with van der Waals surface area (Å²) in [6.45, 7) is 4.22. The van der Waals surface area contributed by atoms with E-state index in [4.69, 9.17) is 0 Å². The average Bonchev–Trinajstić information content (AvgIpc) is 2.86. The molecule has 0 bridgehead atoms. The second-order valence-electron chi connectivity index (χ2n) is 4.67. The van der Waals surface area contributed by atoms with E-state index in [1.165, 1.54) is 4.68 Å². The van der Waals surface area contributed by atoms with Gasteiger partial charge >= 0.3 is 0 Å². The van der Waals surface area contributed by atoms with Gasteiger partial charge in [-0.15, -0.1) is 11.3 Å². The first-order valence-electron chi connectivity index (χ1n) is 6.10. The van der Waals surface area contributed by atoms with E-state index in [1.807, 2.05) is 11.4 Å². The first-order valence-corrected chi connectivity index (χ1v) is 8.56. The van der Waals surface area contributed by atoms with Gasteiger partial charge in [0.2, 0.25) is 0 Å². The molecule has 0 aliphatic rings. The largest absolute Gasteiger partial charge is 0.748 e. The van der Waals surface area contributed by atoms with Crippen LogP contribution in [0.3, 0.4) is 0 Å². The summed E-state index contributed by atoms with van der Waals surface area (Å²) in [7, 11) is -4.21. The highest BCUT2D eigenvalue weighted by molar-refractivity contribution is 7.85. The normalized spacial score (nSPS) is 12.0. The van der Waals surface area contributed by atoms with Crippen LogP contribution < -0.4 is 4.68 Å². The summed E-state index contributed by atoms with van der Waals surface area (Å²) in [4.78, 5) is 4.52. The highest BCUT2D eigenvalue weighted by Crippen LogP contribution is 2.25. The highest BCUT2D eigenvalue weighted by atomic mass is 32.2. The molecule has 0 amide bonds. The fourth-order valence-electron chi connectivity index (χ4n) is 1.53. The third kappa shape index (κ3) is 4.06. The molecule has 2 heterocycles. The molecule has 0 fully saturated rings. The molecule has 0 saturated heterocycles. The molecule has 0 radical (unpaired) electrons. The Morgan fingerprint density at radius 2 is 2.20 bits per heavy atom. The van der Waals surface area contributed by atoms with Crippen LogP contribution in [0.4, 0.5) is 0 Å². The molecular weight excluding hydrogens is 298 g/mol. The summed E-state index contributed by atoms with van der Waals surface area (Å²) in [6, 6.07) is 1.81. The van der Waals surface area contributed by atoms with Gasteiger partial charge in [0.25, 0.3) is 0 Å². The van der Waals surface area contributed by atoms with Crippen molar-refractivity contribution >= 4 is 21.5 Å². The smallest absolute Gasteiger partial charge is 0.197 e. The minimum absolute atomic E-state index is 0.0568. The summed E-state index contributed by atoms with van der Waals surface area (Å²) < 4.78 is 33.1. The van der Waals surface area contributed by atoms with Crippen LogP contribution in [-0.4, -0.2) is 28.8 Å². The Morgan fingerprint density at radius 3 is 2.70 bits per heavy atom. The Hall–Kier alpha value is -1.38. The Kier molecular flexibility index (Phi) is 4.46. The molecule has 8 heteroatoms. The molecule has 0 aromatic carbocycles. The van der Waals surface area contributed by atoms with Crippen molar-refractivity contribution in [2.45, 2.75) is 26.3 Å². The SMILES string of the molecule is CC(C)c1csc(-c2cc[n+](CCS(=O)(=O)[O-])nc2)n1. The maximum atomic E-state index is 10.6. The second-order valence-corrected chi connectivity index (χ2v) is 7.05. The van der Waals surface area contributed by atoms with E-state index in [0.29, 0.717) is 5.92 Å². The molecule has 6 nitrogen and oxygen atoms in total. The van der Waals surface area contributed by atoms with Crippen molar-refractivity contribution in [1.82, 2.24) is 10.1 Å². The third-order valence-electron chi connectivity index (χ3n) is 2.70. The van der Waals surface area contributed by atoms with E-state index < -0.39 is 15.9 Å². The molecule has 0 N–H and O–H groups in total. The van der Waals surface area contributed by atoms with Gasteiger partial charge in [0, 0.05) is 17.0 Å². The molecule has 2 aromatic heterocycles. The van der Waals surface area contributed by atoms with Crippen LogP contribution in [0.15, 0.2) is 23.8 Å². The van der Waals surface area contributed by atoms with Gasteiger partial charge in [-0.3, -0.25) is 0 Å². The molecule has 2 aromatic rings. The number of nitrogens with zero attached hydrogens (tertiary/aromatic N) is 3. The molecule has 0 spiro atoms. The van der Waals surface area contributed by atoms with Gasteiger partial charge in [-0.2, -0.15) is 0 Å². The molecular formula is C12H15N3O3S2. The summed E-state index contributed by atoms with van der Waals surface area (Å²) in [6.07, 6.45) is 3.28. The first-order chi connectivity index (χ1) is 9.35. The predicted molar refractivity (Wildman–Crippen MR) is 74.2 cm³/mol. The molecule has 0 saturated carbocycles. The van der Waals surface area contributed by atoms with Crippen molar-refractivity contribution in [3.8, 4) is 10.6 Å². The van der Waals surface area contributed by atoms with E-state index in [-0.39, 0.29) is 6.54 Å². The van der Waals surface area contributed by atoms with Crippen molar-refractivity contribution in [2.24, 2.45) is 0 Å². The minimum Gasteiger partial charge on any atom is -0.748 e. The van der Waals surface area contributed by atoms with Gasteiger partial charge in [-0.1, -0.05) is 18.5 Å². The maximum absolute atomic E-state index is 10.6. The van der Waals surface area contributed by atoms with Crippen LogP contribution in [0.25, 0.3) is 10.6 Å². The standard InChI is InChI=1S/C12H15N3O3S2/c1-9(2)11-8-19-12(14-11)10-3-4-15(13-7-10)5-6-20(16,17)18/h3-4,7-9H,5-6H2,1-2H3. The fourth-order valence-corrected chi connectivity index (χ4v) is 2.92. The van der Waals surface area contributed by atoms with E-state index in [0.717, 1.165) is 16.3 Å². The fraction of sp³-hybridized carbons (Fsp3) is 0.417. The zero-order chi connectivity index (χ0) is 14.8. The van der Waals surface area contributed by atoms with Crippen LogP contribution in [0, 0.1) is 0 Å². The molecule has 0 aliphatic heterocycles. The average molecular weight is 313 g/mol. The van der Waals surface area contributed by atoms with Gasteiger partial charge in [-0.25, -0.2) is 13.4 Å². The molecule has 20 heavy (non-hydrogen) atoms. The number of rotatable bonds is 5. The van der Waals surface area contributed by atoms with E-state index in [1.54, 1.807) is 23.7 Å². The van der Waals surface area contributed by atoms with E-state index >= 15 is 0 Å². The van der Waals surface area contributed by atoms with Crippen molar-refractivity contribution in [1.29, 1.82) is 0 Å². The number of aryl methyl sites for hydroxylation is 1. The quantitative estimate of drug-likeness (QED) is 0.610. The van der Waals surface area contributed by atoms with E-state index in [2.05, 4.69) is 23.9 Å². The number of hydrogen-bond acceptors (Lipinski definition) is 6. The summed E-state index contributed by atoms with van der Waals surface area (Å²) >= 11 is 1.55. The van der Waals surface area contributed by atoms with Gasteiger partial charge in [0.1, 0.15) is 21.3 Å².